The van der Waals surface area contributed by atoms with Crippen LogP contribution in [-0.4, -0.2) is 45.9 Å². The number of hydrogen-bond donors (Lipinski definition) is 0. The summed E-state index contributed by atoms with van der Waals surface area (Å²) in [5.41, 5.74) is 1.83. The van der Waals surface area contributed by atoms with Crippen molar-refractivity contribution in [3.05, 3.63) is 63.6 Å². The molecular formula is C19H16AsBrN2O2. The molecule has 1 atom stereocenters. The predicted molar refractivity (Wildman–Crippen MR) is 101 cm³/mol. The Morgan fingerprint density at radius 2 is 2.04 bits per heavy atom. The van der Waals surface area contributed by atoms with E-state index in [1.165, 1.54) is 0 Å². The summed E-state index contributed by atoms with van der Waals surface area (Å²) in [5, 5.41) is 0. The summed E-state index contributed by atoms with van der Waals surface area (Å²) >= 11 is 5.91. The first-order valence-corrected chi connectivity index (χ1v) is 9.85. The summed E-state index contributed by atoms with van der Waals surface area (Å²) in [6, 6.07) is 13.8. The SMILES string of the molecule is CN1C(=O)C(c2cccc(Br)c2)(c2ccc3c(c2)CCCO3)N=C1[As]. The zero-order chi connectivity index (χ0) is 17.6. The molecule has 25 heavy (non-hydrogen) atoms. The van der Waals surface area contributed by atoms with Gasteiger partial charge in [0.25, 0.3) is 0 Å². The molecule has 2 radical (unpaired) electrons. The average molecular weight is 459 g/mol. The monoisotopic (exact) mass is 458 g/mol. The second-order valence-corrected chi connectivity index (χ2v) is 8.03. The Balaban J connectivity index is 1.95. The summed E-state index contributed by atoms with van der Waals surface area (Å²) in [6.07, 6.45) is 1.95. The van der Waals surface area contributed by atoms with E-state index in [1.54, 1.807) is 11.9 Å². The van der Waals surface area contributed by atoms with Gasteiger partial charge >= 0.3 is 164 Å². The predicted octanol–water partition coefficient (Wildman–Crippen LogP) is 3.01. The molecule has 0 bridgehead atoms. The standard InChI is InChI=1S/C19H16AsBrN2O2/c1-23-17(24)19(22-18(23)20,13-5-2-6-15(21)11-13)14-7-8-16-12(10-14)4-3-9-25-16/h2,5-8,10-11H,3-4,9H2,1H3. The van der Waals surface area contributed by atoms with Crippen LogP contribution in [0.4, 0.5) is 0 Å². The van der Waals surface area contributed by atoms with E-state index in [0.29, 0.717) is 4.62 Å². The Bertz CT molecular complexity index is 899. The number of fused-ring (bicyclic) bond motifs is 1. The number of aliphatic imine (C=N–C) groups is 1. The minimum atomic E-state index is -1.05. The van der Waals surface area contributed by atoms with E-state index in [4.69, 9.17) is 9.73 Å². The third-order valence-electron chi connectivity index (χ3n) is 4.75. The number of ether oxygens (including phenoxy) is 1. The fourth-order valence-electron chi connectivity index (χ4n) is 3.45. The van der Waals surface area contributed by atoms with Gasteiger partial charge in [0, 0.05) is 0 Å². The normalized spacial score (nSPS) is 22.4. The molecule has 2 heterocycles. The van der Waals surface area contributed by atoms with Crippen molar-refractivity contribution in [2.45, 2.75) is 18.4 Å². The maximum atomic E-state index is 13.3. The van der Waals surface area contributed by atoms with Gasteiger partial charge in [-0.25, -0.2) is 0 Å². The van der Waals surface area contributed by atoms with E-state index < -0.39 is 5.54 Å². The molecule has 2 aliphatic rings. The molecule has 1 unspecified atom stereocenters. The average Bonchev–Trinajstić information content (AvgIpc) is 2.86. The Kier molecular flexibility index (Phi) is 4.25. The maximum absolute atomic E-state index is 13.3. The van der Waals surface area contributed by atoms with Crippen LogP contribution in [0.1, 0.15) is 23.1 Å². The van der Waals surface area contributed by atoms with Gasteiger partial charge in [0.05, 0.1) is 0 Å². The molecule has 0 aliphatic carbocycles. The number of halogens is 1. The van der Waals surface area contributed by atoms with Crippen LogP contribution in [0.5, 0.6) is 5.75 Å². The Labute approximate surface area is 163 Å². The molecule has 1 amide bonds. The molecule has 0 N–H and O–H groups in total. The molecule has 4 nitrogen and oxygen atoms in total. The number of rotatable bonds is 2. The molecule has 0 saturated carbocycles. The number of aryl methyl sites for hydroxylation is 1. The molecule has 2 aromatic rings. The van der Waals surface area contributed by atoms with Gasteiger partial charge in [-0.15, -0.1) is 0 Å². The first kappa shape index (κ1) is 16.9. The van der Waals surface area contributed by atoms with Crippen molar-refractivity contribution in [3.8, 4) is 5.75 Å². The summed E-state index contributed by atoms with van der Waals surface area (Å²) in [4.78, 5) is 19.7. The van der Waals surface area contributed by atoms with Crippen LogP contribution >= 0.6 is 15.9 Å². The number of nitrogens with zero attached hydrogens (tertiary/aromatic N) is 2. The van der Waals surface area contributed by atoms with Crippen molar-refractivity contribution >= 4 is 43.3 Å². The molecule has 4 rings (SSSR count). The number of carbonyl (C=O) groups excluding carboxylic acids is 1. The van der Waals surface area contributed by atoms with Gasteiger partial charge in [-0.3, -0.25) is 0 Å². The van der Waals surface area contributed by atoms with Crippen molar-refractivity contribution in [3.63, 3.8) is 0 Å². The van der Waals surface area contributed by atoms with Crippen LogP contribution in [0, 0.1) is 0 Å². The van der Waals surface area contributed by atoms with Crippen LogP contribution in [-0.2, 0) is 16.8 Å². The summed E-state index contributed by atoms with van der Waals surface area (Å²) < 4.78 is 7.31. The number of amides is 1. The number of amidine groups is 1. The van der Waals surface area contributed by atoms with Gasteiger partial charge in [-0.1, -0.05) is 0 Å². The van der Waals surface area contributed by atoms with Crippen molar-refractivity contribution in [1.82, 2.24) is 4.90 Å². The van der Waals surface area contributed by atoms with Crippen molar-refractivity contribution in [2.75, 3.05) is 13.7 Å². The second kappa shape index (κ2) is 6.30. The van der Waals surface area contributed by atoms with Gasteiger partial charge in [-0.2, -0.15) is 0 Å². The topological polar surface area (TPSA) is 41.9 Å². The van der Waals surface area contributed by atoms with E-state index in [0.717, 1.165) is 46.4 Å². The van der Waals surface area contributed by atoms with Crippen LogP contribution in [0.3, 0.4) is 0 Å². The summed E-state index contributed by atoms with van der Waals surface area (Å²) in [6.45, 7) is 0.750. The van der Waals surface area contributed by atoms with Gasteiger partial charge in [-0.05, 0) is 0 Å². The van der Waals surface area contributed by atoms with Gasteiger partial charge < -0.3 is 0 Å². The third-order valence-corrected chi connectivity index (χ3v) is 6.08. The fourth-order valence-corrected chi connectivity index (χ4v) is 4.35. The van der Waals surface area contributed by atoms with Crippen molar-refractivity contribution < 1.29 is 9.53 Å². The molecule has 6 heteroatoms. The van der Waals surface area contributed by atoms with Gasteiger partial charge in [0.1, 0.15) is 0 Å². The number of benzene rings is 2. The van der Waals surface area contributed by atoms with E-state index in [-0.39, 0.29) is 5.91 Å². The fraction of sp³-hybridized carbons (Fsp3) is 0.263. The summed E-state index contributed by atoms with van der Waals surface area (Å²) in [5.74, 6) is 0.868. The molecule has 126 valence electrons. The van der Waals surface area contributed by atoms with E-state index in [9.17, 15) is 4.79 Å². The second-order valence-electron chi connectivity index (χ2n) is 6.27. The quantitative estimate of drug-likeness (QED) is 0.649. The van der Waals surface area contributed by atoms with E-state index in [2.05, 4.69) is 38.8 Å². The minimum absolute atomic E-state index is 0.0436. The van der Waals surface area contributed by atoms with Crippen molar-refractivity contribution in [2.24, 2.45) is 4.99 Å². The van der Waals surface area contributed by atoms with Gasteiger partial charge in [0.15, 0.2) is 0 Å². The van der Waals surface area contributed by atoms with Crippen LogP contribution in [0.2, 0.25) is 0 Å². The van der Waals surface area contributed by atoms with Crippen LogP contribution in [0.25, 0.3) is 0 Å². The number of carbonyl (C=O) groups is 1. The van der Waals surface area contributed by atoms with Gasteiger partial charge in [0.2, 0.25) is 0 Å². The molecule has 0 aromatic heterocycles. The van der Waals surface area contributed by atoms with E-state index in [1.807, 2.05) is 36.4 Å². The van der Waals surface area contributed by atoms with Crippen LogP contribution < -0.4 is 4.74 Å². The number of likely N-dealkylation sites (N-methyl/N-ethyl adjacent to an activating group) is 1. The summed E-state index contributed by atoms with van der Waals surface area (Å²) in [7, 11) is 1.76. The molecule has 2 aliphatic heterocycles. The molecule has 0 spiro atoms. The Morgan fingerprint density at radius 3 is 2.76 bits per heavy atom. The zero-order valence-electron chi connectivity index (χ0n) is 13.7. The Hall–Kier alpha value is -1.58. The zero-order valence-corrected chi connectivity index (χ0v) is 17.2. The molecule has 0 fully saturated rings. The molecular weight excluding hydrogens is 443 g/mol. The Morgan fingerprint density at radius 1 is 1.24 bits per heavy atom. The number of hydrogen-bond acceptors (Lipinski definition) is 3. The van der Waals surface area contributed by atoms with E-state index >= 15 is 0 Å². The van der Waals surface area contributed by atoms with Crippen molar-refractivity contribution in [1.29, 1.82) is 0 Å². The molecule has 2 aromatic carbocycles. The third kappa shape index (κ3) is 2.65. The first-order chi connectivity index (χ1) is 12.0. The van der Waals surface area contributed by atoms with Crippen LogP contribution in [0.15, 0.2) is 51.9 Å². The first-order valence-electron chi connectivity index (χ1n) is 8.11. The molecule has 0 saturated heterocycles.